The molecule has 0 aliphatic heterocycles. The molecule has 0 aliphatic carbocycles. The Labute approximate surface area is 140 Å². The summed E-state index contributed by atoms with van der Waals surface area (Å²) in [6, 6.07) is 0. The van der Waals surface area contributed by atoms with E-state index < -0.39 is 61.2 Å². The van der Waals surface area contributed by atoms with E-state index in [-0.39, 0.29) is 0 Å². The zero-order valence-corrected chi connectivity index (χ0v) is 12.9. The van der Waals surface area contributed by atoms with Crippen molar-refractivity contribution in [3.63, 3.8) is 0 Å². The quantitative estimate of drug-likeness (QED) is 0.262. The number of hydrogen-bond donors (Lipinski definition) is 0. The minimum absolute atomic E-state index is 0.316. The Kier molecular flexibility index (Phi) is 6.95. The molecule has 0 spiro atoms. The molecule has 0 aromatic heterocycles. The highest BCUT2D eigenvalue weighted by Crippen LogP contribution is 2.57. The normalized spacial score (nSPS) is 15.1. The van der Waals surface area contributed by atoms with E-state index >= 15 is 0 Å². The summed E-state index contributed by atoms with van der Waals surface area (Å²) in [5.41, 5.74) is 0. The van der Waals surface area contributed by atoms with E-state index in [9.17, 15) is 52.7 Å². The minimum atomic E-state index is -7.04. The van der Waals surface area contributed by atoms with Gasteiger partial charge in [-0.2, -0.15) is 35.1 Å². The first-order chi connectivity index (χ1) is 11.3. The van der Waals surface area contributed by atoms with Gasteiger partial charge in [0.2, 0.25) is 0 Å². The fourth-order valence-corrected chi connectivity index (χ4v) is 1.90. The molecular formula is C14H14F12. The van der Waals surface area contributed by atoms with Crippen molar-refractivity contribution in [1.29, 1.82) is 0 Å². The lowest BCUT2D eigenvalue weighted by Crippen LogP contribution is -2.63. The third-order valence-electron chi connectivity index (χ3n) is 3.16. The fourth-order valence-electron chi connectivity index (χ4n) is 1.90. The lowest BCUT2D eigenvalue weighted by atomic mass is 9.90. The van der Waals surface area contributed by atoms with E-state index in [1.165, 1.54) is 0 Å². The predicted molar refractivity (Wildman–Crippen MR) is 68.5 cm³/mol. The fraction of sp³-hybridized carbons (Fsp3) is 0.714. The Morgan fingerprint density at radius 2 is 0.731 bits per heavy atom. The van der Waals surface area contributed by atoms with Crippen molar-refractivity contribution in [1.82, 2.24) is 0 Å². The maximum Gasteiger partial charge on any atom is 0.378 e. The molecule has 0 aromatic carbocycles. The van der Waals surface area contributed by atoms with Crippen LogP contribution < -0.4 is 0 Å². The molecule has 0 saturated carbocycles. The van der Waals surface area contributed by atoms with Gasteiger partial charge in [0.25, 0.3) is 11.8 Å². The van der Waals surface area contributed by atoms with Crippen LogP contribution in [0.2, 0.25) is 0 Å². The molecule has 0 saturated heterocycles. The van der Waals surface area contributed by atoms with Crippen LogP contribution in [0.1, 0.15) is 25.7 Å². The van der Waals surface area contributed by atoms with Crippen LogP contribution in [0.5, 0.6) is 0 Å². The molecule has 0 amide bonds. The van der Waals surface area contributed by atoms with Crippen LogP contribution in [-0.2, 0) is 0 Å². The Hall–Kier alpha value is -1.36. The van der Waals surface area contributed by atoms with Crippen LogP contribution in [0.4, 0.5) is 52.7 Å². The highest BCUT2D eigenvalue weighted by Gasteiger charge is 2.81. The molecule has 0 radical (unpaired) electrons. The third kappa shape index (κ3) is 5.09. The van der Waals surface area contributed by atoms with Crippen molar-refractivity contribution in [2.45, 2.75) is 61.2 Å². The average molecular weight is 410 g/mol. The van der Waals surface area contributed by atoms with E-state index in [0.717, 1.165) is 0 Å². The van der Waals surface area contributed by atoms with Crippen LogP contribution in [0.25, 0.3) is 0 Å². The summed E-state index contributed by atoms with van der Waals surface area (Å²) < 4.78 is 159. The van der Waals surface area contributed by atoms with E-state index in [0.29, 0.717) is 12.2 Å². The summed E-state index contributed by atoms with van der Waals surface area (Å²) in [5.74, 6) is -36.1. The van der Waals surface area contributed by atoms with Gasteiger partial charge >= 0.3 is 23.7 Å². The standard InChI is InChI=1S/C14H14F12/c1-3-5-9(15,16)7-11(19,20)13(23,24)14(25,26)12(21,22)8-10(17,18)6-4-2/h3-4H,1-2,5-8H2. The van der Waals surface area contributed by atoms with E-state index in [1.807, 2.05) is 0 Å². The SMILES string of the molecule is C=CCC(F)(F)CC(F)(F)C(F)(F)C(F)(F)C(F)(F)CC(F)(F)CC=C. The van der Waals surface area contributed by atoms with E-state index in [4.69, 9.17) is 0 Å². The minimum Gasteiger partial charge on any atom is -0.206 e. The summed E-state index contributed by atoms with van der Waals surface area (Å²) in [6.07, 6.45) is -9.05. The molecule has 154 valence electrons. The first kappa shape index (κ1) is 24.6. The van der Waals surface area contributed by atoms with Crippen molar-refractivity contribution < 1.29 is 52.7 Å². The molecule has 0 heterocycles. The van der Waals surface area contributed by atoms with Crippen LogP contribution >= 0.6 is 0 Å². The van der Waals surface area contributed by atoms with Crippen LogP contribution in [0.15, 0.2) is 25.3 Å². The zero-order valence-electron chi connectivity index (χ0n) is 12.9. The second-order valence-corrected chi connectivity index (χ2v) is 5.61. The van der Waals surface area contributed by atoms with E-state index in [1.54, 1.807) is 0 Å². The second kappa shape index (κ2) is 7.34. The number of halogens is 12. The molecule has 0 rings (SSSR count). The number of hydrogen-bond acceptors (Lipinski definition) is 0. The molecule has 0 unspecified atom stereocenters. The Balaban J connectivity index is 5.83. The van der Waals surface area contributed by atoms with Gasteiger partial charge in [0.15, 0.2) is 0 Å². The Bertz CT molecular complexity index is 460. The second-order valence-electron chi connectivity index (χ2n) is 5.61. The van der Waals surface area contributed by atoms with E-state index in [2.05, 4.69) is 13.2 Å². The van der Waals surface area contributed by atoms with Crippen molar-refractivity contribution in [3.8, 4) is 0 Å². The van der Waals surface area contributed by atoms with Gasteiger partial charge < -0.3 is 0 Å². The van der Waals surface area contributed by atoms with Crippen molar-refractivity contribution in [2.24, 2.45) is 0 Å². The highest BCUT2D eigenvalue weighted by atomic mass is 19.4. The number of allylic oxidation sites excluding steroid dienone is 2. The molecular weight excluding hydrogens is 396 g/mol. The molecule has 0 bridgehead atoms. The molecule has 0 aliphatic rings. The lowest BCUT2D eigenvalue weighted by molar-refractivity contribution is -0.379. The third-order valence-corrected chi connectivity index (χ3v) is 3.16. The lowest BCUT2D eigenvalue weighted by Gasteiger charge is -2.38. The Morgan fingerprint density at radius 3 is 0.923 bits per heavy atom. The summed E-state index contributed by atoms with van der Waals surface area (Å²) in [6.45, 7) is 5.42. The van der Waals surface area contributed by atoms with Crippen LogP contribution in [0, 0.1) is 0 Å². The van der Waals surface area contributed by atoms with Gasteiger partial charge in [-0.3, -0.25) is 0 Å². The maximum absolute atomic E-state index is 13.4. The molecule has 26 heavy (non-hydrogen) atoms. The van der Waals surface area contributed by atoms with Crippen molar-refractivity contribution >= 4 is 0 Å². The van der Waals surface area contributed by atoms with Gasteiger partial charge in [-0.1, -0.05) is 12.2 Å². The van der Waals surface area contributed by atoms with Gasteiger partial charge in [0, 0.05) is 12.8 Å². The highest BCUT2D eigenvalue weighted by molar-refractivity contribution is 5.06. The zero-order chi connectivity index (χ0) is 21.2. The summed E-state index contributed by atoms with van der Waals surface area (Å²) in [7, 11) is 0. The Morgan fingerprint density at radius 1 is 0.500 bits per heavy atom. The topological polar surface area (TPSA) is 0 Å². The van der Waals surface area contributed by atoms with Gasteiger partial charge in [-0.15, -0.1) is 13.2 Å². The average Bonchev–Trinajstić information content (AvgIpc) is 2.34. The first-order valence-corrected chi connectivity index (χ1v) is 6.77. The van der Waals surface area contributed by atoms with Crippen LogP contribution in [0.3, 0.4) is 0 Å². The number of rotatable bonds is 11. The molecule has 0 fully saturated rings. The van der Waals surface area contributed by atoms with Crippen LogP contribution in [-0.4, -0.2) is 35.5 Å². The molecule has 0 N–H and O–H groups in total. The predicted octanol–water partition coefficient (Wildman–Crippen LogP) is 6.73. The van der Waals surface area contributed by atoms with Crippen molar-refractivity contribution in [2.75, 3.05) is 0 Å². The first-order valence-electron chi connectivity index (χ1n) is 6.77. The molecule has 0 atom stereocenters. The molecule has 0 aromatic rings. The summed E-state index contributed by atoms with van der Waals surface area (Å²) in [4.78, 5) is 0. The molecule has 0 nitrogen and oxygen atoms in total. The van der Waals surface area contributed by atoms with Gasteiger partial charge in [0.05, 0.1) is 12.8 Å². The van der Waals surface area contributed by atoms with Gasteiger partial charge in [0.1, 0.15) is 0 Å². The smallest absolute Gasteiger partial charge is 0.206 e. The van der Waals surface area contributed by atoms with Gasteiger partial charge in [-0.05, 0) is 0 Å². The number of alkyl halides is 12. The summed E-state index contributed by atoms with van der Waals surface area (Å²) in [5, 5.41) is 0. The summed E-state index contributed by atoms with van der Waals surface area (Å²) >= 11 is 0. The largest absolute Gasteiger partial charge is 0.378 e. The maximum atomic E-state index is 13.4. The van der Waals surface area contributed by atoms with Gasteiger partial charge in [-0.25, -0.2) is 17.6 Å². The molecule has 12 heteroatoms. The van der Waals surface area contributed by atoms with Crippen molar-refractivity contribution in [3.05, 3.63) is 25.3 Å². The monoisotopic (exact) mass is 410 g/mol.